The number of nitrogens with two attached hydrogens (primary N) is 2. The summed E-state index contributed by atoms with van der Waals surface area (Å²) < 4.78 is 19.0. The molecule has 0 radical (unpaired) electrons. The molecule has 0 saturated carbocycles. The van der Waals surface area contributed by atoms with E-state index in [2.05, 4.69) is 20.6 Å². The molecule has 0 amide bonds. The predicted octanol–water partition coefficient (Wildman–Crippen LogP) is 0.913. The zero-order valence-corrected chi connectivity index (χ0v) is 13.9. The highest BCUT2D eigenvalue weighted by atomic mass is 19.1. The van der Waals surface area contributed by atoms with E-state index < -0.39 is 11.9 Å². The van der Waals surface area contributed by atoms with Crippen LogP contribution in [-0.4, -0.2) is 23.2 Å². The van der Waals surface area contributed by atoms with Crippen LogP contribution in [0.2, 0.25) is 0 Å². The number of rotatable bonds is 2. The first-order valence-corrected chi connectivity index (χ1v) is 7.46. The average Bonchev–Trinajstić information content (AvgIpc) is 2.63. The molecule has 2 aromatic rings. The van der Waals surface area contributed by atoms with Crippen LogP contribution in [0.4, 0.5) is 21.7 Å². The maximum absolute atomic E-state index is 14.0. The monoisotopic (exact) mass is 368 g/mol. The van der Waals surface area contributed by atoms with Gasteiger partial charge in [-0.15, -0.1) is 0 Å². The maximum atomic E-state index is 14.0. The number of aromatic nitrogens is 1. The van der Waals surface area contributed by atoms with Gasteiger partial charge in [0.2, 0.25) is 5.96 Å². The number of nitrogen functional groups attached to an aromatic ring is 2. The van der Waals surface area contributed by atoms with E-state index in [-0.39, 0.29) is 51.5 Å². The van der Waals surface area contributed by atoms with E-state index in [4.69, 9.17) is 21.5 Å². The number of hydrogen-bond donors (Lipinski definition) is 5. The predicted molar refractivity (Wildman–Crippen MR) is 94.0 cm³/mol. The van der Waals surface area contributed by atoms with Gasteiger partial charge in [-0.05, 0) is 6.07 Å². The summed E-state index contributed by atoms with van der Waals surface area (Å²) in [6.45, 7) is 0. The molecule has 27 heavy (non-hydrogen) atoms. The number of nitrogens with zero attached hydrogens (tertiary/aromatic N) is 4. The molecule has 1 aromatic carbocycles. The van der Waals surface area contributed by atoms with Crippen LogP contribution in [-0.2, 0) is 0 Å². The fourth-order valence-electron chi connectivity index (χ4n) is 2.76. The molecule has 0 bridgehead atoms. The van der Waals surface area contributed by atoms with E-state index in [0.717, 1.165) is 12.1 Å². The van der Waals surface area contributed by atoms with Gasteiger partial charge < -0.3 is 26.6 Å². The molecular formula is C16H13FN8O2. The lowest BCUT2D eigenvalue weighted by molar-refractivity contribution is 0.366. The summed E-state index contributed by atoms with van der Waals surface area (Å²) in [5.74, 6) is -1.20. The highest BCUT2D eigenvalue weighted by Crippen LogP contribution is 2.45. The number of nitrogens with one attached hydrogen (secondary N) is 2. The molecule has 1 aliphatic rings. The van der Waals surface area contributed by atoms with Crippen molar-refractivity contribution in [3.05, 3.63) is 34.6 Å². The van der Waals surface area contributed by atoms with Crippen molar-refractivity contribution in [3.8, 4) is 23.8 Å². The van der Waals surface area contributed by atoms with Gasteiger partial charge >= 0.3 is 0 Å². The Labute approximate surface area is 152 Å². The average molecular weight is 368 g/mol. The quantitative estimate of drug-likeness (QED) is 0.380. The molecule has 2 heterocycles. The molecule has 0 fully saturated rings. The number of anilines is 3. The Morgan fingerprint density at radius 3 is 2.74 bits per heavy atom. The lowest BCUT2D eigenvalue weighted by Crippen LogP contribution is -2.32. The lowest BCUT2D eigenvalue weighted by atomic mass is 9.94. The van der Waals surface area contributed by atoms with Gasteiger partial charge in [0, 0.05) is 17.2 Å². The molecule has 1 aromatic heterocycles. The van der Waals surface area contributed by atoms with Gasteiger partial charge in [-0.25, -0.2) is 14.4 Å². The highest BCUT2D eigenvalue weighted by molar-refractivity contribution is 5.98. The van der Waals surface area contributed by atoms with Crippen LogP contribution in [0.25, 0.3) is 0 Å². The number of ether oxygens (including phenoxy) is 1. The number of nitriles is 2. The summed E-state index contributed by atoms with van der Waals surface area (Å²) in [7, 11) is 1.27. The summed E-state index contributed by atoms with van der Waals surface area (Å²) >= 11 is 0. The minimum Gasteiger partial charge on any atom is -0.504 e. The second-order valence-corrected chi connectivity index (χ2v) is 5.45. The van der Waals surface area contributed by atoms with Crippen molar-refractivity contribution in [1.29, 1.82) is 10.5 Å². The number of aromatic hydroxyl groups is 1. The van der Waals surface area contributed by atoms with Crippen LogP contribution in [0.3, 0.4) is 0 Å². The van der Waals surface area contributed by atoms with Crippen molar-refractivity contribution in [2.75, 3.05) is 23.9 Å². The Kier molecular flexibility index (Phi) is 4.28. The fraction of sp³-hybridized carbons (Fsp3) is 0.125. The van der Waals surface area contributed by atoms with Crippen molar-refractivity contribution < 1.29 is 14.2 Å². The second-order valence-electron chi connectivity index (χ2n) is 5.45. The van der Waals surface area contributed by atoms with Crippen LogP contribution >= 0.6 is 0 Å². The number of guanidine groups is 1. The number of pyridine rings is 1. The Hall–Kier alpha value is -4.25. The van der Waals surface area contributed by atoms with Crippen molar-refractivity contribution in [1.82, 2.24) is 10.3 Å². The van der Waals surface area contributed by atoms with Crippen molar-refractivity contribution >= 4 is 23.3 Å². The first kappa shape index (κ1) is 17.6. The van der Waals surface area contributed by atoms with Crippen LogP contribution in [0.15, 0.2) is 17.1 Å². The van der Waals surface area contributed by atoms with Gasteiger partial charge in [0.15, 0.2) is 17.7 Å². The van der Waals surface area contributed by atoms with Gasteiger partial charge in [-0.1, -0.05) is 0 Å². The van der Waals surface area contributed by atoms with Crippen molar-refractivity contribution in [2.45, 2.75) is 6.04 Å². The third-order valence-electron chi connectivity index (χ3n) is 3.94. The molecule has 7 N–H and O–H groups in total. The number of fused-ring (bicyclic) bond motifs is 1. The highest BCUT2D eigenvalue weighted by Gasteiger charge is 2.32. The summed E-state index contributed by atoms with van der Waals surface area (Å²) in [5.41, 5.74) is 11.9. The molecule has 1 atom stereocenters. The second kappa shape index (κ2) is 6.57. The Balaban J connectivity index is 2.32. The topological polar surface area (TPSA) is 178 Å². The number of methoxy groups -OCH3 is 1. The number of phenols is 1. The zero-order chi connectivity index (χ0) is 19.7. The molecule has 0 aliphatic carbocycles. The molecule has 0 spiro atoms. The minimum absolute atomic E-state index is 0.00833. The molecule has 3 rings (SSSR count). The molecule has 10 nitrogen and oxygen atoms in total. The standard InChI is InChI=1S/C16H13FN8O2/c1-27-9-3-6(17)2-7(13(9)26)12-10-11(20)8(4-18)14(21)24-15(10)25-16(23-12)22-5-19/h2-3,12,26H,1H3,(H6,20,21,22,23,24,25). The lowest BCUT2D eigenvalue weighted by Gasteiger charge is -2.26. The smallest absolute Gasteiger partial charge is 0.211 e. The van der Waals surface area contributed by atoms with Crippen molar-refractivity contribution in [3.63, 3.8) is 0 Å². The van der Waals surface area contributed by atoms with Crippen LogP contribution in [0.1, 0.15) is 22.7 Å². The van der Waals surface area contributed by atoms with E-state index >= 15 is 0 Å². The normalized spacial score (nSPS) is 14.8. The van der Waals surface area contributed by atoms with Crippen LogP contribution < -0.4 is 26.8 Å². The SMILES string of the molecule is COc1cc(F)cc(C2N=C(NC#N)Nc3nc(N)c(C#N)c(N)c32)c1O. The van der Waals surface area contributed by atoms with E-state index in [1.807, 2.05) is 6.07 Å². The first-order valence-electron chi connectivity index (χ1n) is 7.46. The Morgan fingerprint density at radius 2 is 2.11 bits per heavy atom. The fourth-order valence-corrected chi connectivity index (χ4v) is 2.76. The largest absolute Gasteiger partial charge is 0.504 e. The molecule has 1 unspecified atom stereocenters. The van der Waals surface area contributed by atoms with Crippen LogP contribution in [0, 0.1) is 28.6 Å². The van der Waals surface area contributed by atoms with E-state index in [1.165, 1.54) is 7.11 Å². The van der Waals surface area contributed by atoms with Gasteiger partial charge in [0.25, 0.3) is 0 Å². The van der Waals surface area contributed by atoms with Gasteiger partial charge in [0.1, 0.15) is 35.1 Å². The molecule has 1 aliphatic heterocycles. The third-order valence-corrected chi connectivity index (χ3v) is 3.94. The summed E-state index contributed by atoms with van der Waals surface area (Å²) in [4.78, 5) is 8.32. The summed E-state index contributed by atoms with van der Waals surface area (Å²) in [5, 5.41) is 33.6. The van der Waals surface area contributed by atoms with E-state index in [9.17, 15) is 14.8 Å². The molecule has 11 heteroatoms. The molecular weight excluding hydrogens is 355 g/mol. The third kappa shape index (κ3) is 2.83. The number of halogens is 1. The number of aliphatic imine (C=N–C) groups is 1. The number of phenolic OH excluding ortho intramolecular Hbond substituents is 1. The Bertz CT molecular complexity index is 1050. The van der Waals surface area contributed by atoms with Gasteiger partial charge in [-0.2, -0.15) is 10.5 Å². The minimum atomic E-state index is -1.08. The van der Waals surface area contributed by atoms with Crippen LogP contribution in [0.5, 0.6) is 11.5 Å². The van der Waals surface area contributed by atoms with Crippen molar-refractivity contribution in [2.24, 2.45) is 4.99 Å². The summed E-state index contributed by atoms with van der Waals surface area (Å²) in [6.07, 6.45) is 1.69. The Morgan fingerprint density at radius 1 is 1.37 bits per heavy atom. The van der Waals surface area contributed by atoms with E-state index in [0.29, 0.717) is 0 Å². The first-order chi connectivity index (χ1) is 12.9. The summed E-state index contributed by atoms with van der Waals surface area (Å²) in [6, 6.07) is 2.82. The van der Waals surface area contributed by atoms with Gasteiger partial charge in [-0.3, -0.25) is 5.32 Å². The molecule has 0 saturated heterocycles. The maximum Gasteiger partial charge on any atom is 0.211 e. The zero-order valence-electron chi connectivity index (χ0n) is 13.9. The number of benzene rings is 1. The van der Waals surface area contributed by atoms with E-state index in [1.54, 1.807) is 6.19 Å². The van der Waals surface area contributed by atoms with Gasteiger partial charge in [0.05, 0.1) is 12.8 Å². The number of hydrogen-bond acceptors (Lipinski definition) is 10. The molecule has 136 valence electrons.